The van der Waals surface area contributed by atoms with Crippen molar-refractivity contribution in [2.24, 2.45) is 0 Å². The molecule has 0 saturated carbocycles. The van der Waals surface area contributed by atoms with Crippen molar-refractivity contribution < 1.29 is 9.50 Å². The fourth-order valence-electron chi connectivity index (χ4n) is 1.33. The van der Waals surface area contributed by atoms with Gasteiger partial charge in [0.1, 0.15) is 17.6 Å². The summed E-state index contributed by atoms with van der Waals surface area (Å²) in [5, 5.41) is 15.6. The zero-order valence-electron chi connectivity index (χ0n) is 8.10. The monoisotopic (exact) mass is 258 g/mol. The van der Waals surface area contributed by atoms with Gasteiger partial charge in [0.25, 0.3) is 0 Å². The molecule has 84 valence electrons. The van der Waals surface area contributed by atoms with Gasteiger partial charge in [-0.05, 0) is 35.3 Å². The van der Waals surface area contributed by atoms with Crippen molar-refractivity contribution in [1.29, 1.82) is 0 Å². The fourth-order valence-corrected chi connectivity index (χ4v) is 2.03. The smallest absolute Gasteiger partial charge is 0.126 e. The van der Waals surface area contributed by atoms with Crippen LogP contribution in [0.15, 0.2) is 23.6 Å². The third kappa shape index (κ3) is 2.55. The number of benzene rings is 1. The van der Waals surface area contributed by atoms with Gasteiger partial charge in [-0.2, -0.15) is 0 Å². The SMILES string of the molecule is OC(Cc1cc(Cl)ccc1F)c1csnn1. The molecule has 2 rings (SSSR count). The van der Waals surface area contributed by atoms with Crippen LogP contribution in [-0.4, -0.2) is 14.7 Å². The van der Waals surface area contributed by atoms with Gasteiger partial charge in [-0.1, -0.05) is 16.1 Å². The topological polar surface area (TPSA) is 46.0 Å². The van der Waals surface area contributed by atoms with E-state index in [0.29, 0.717) is 16.3 Å². The Hall–Kier alpha value is -1.04. The average Bonchev–Trinajstić information content (AvgIpc) is 2.76. The van der Waals surface area contributed by atoms with Gasteiger partial charge in [-0.15, -0.1) is 5.10 Å². The highest BCUT2D eigenvalue weighted by atomic mass is 35.5. The molecule has 6 heteroatoms. The van der Waals surface area contributed by atoms with Crippen LogP contribution in [0.3, 0.4) is 0 Å². The number of aliphatic hydroxyl groups excluding tert-OH is 1. The molecule has 0 aliphatic rings. The molecule has 1 heterocycles. The van der Waals surface area contributed by atoms with Crippen LogP contribution in [0.5, 0.6) is 0 Å². The summed E-state index contributed by atoms with van der Waals surface area (Å²) in [4.78, 5) is 0. The molecular formula is C10H8ClFN2OS. The van der Waals surface area contributed by atoms with E-state index in [1.54, 1.807) is 5.38 Å². The molecule has 0 amide bonds. The Balaban J connectivity index is 2.17. The Morgan fingerprint density at radius 2 is 2.31 bits per heavy atom. The van der Waals surface area contributed by atoms with Crippen molar-refractivity contribution in [1.82, 2.24) is 9.59 Å². The van der Waals surface area contributed by atoms with Gasteiger partial charge in [-0.3, -0.25) is 0 Å². The highest BCUT2D eigenvalue weighted by Gasteiger charge is 2.14. The average molecular weight is 259 g/mol. The summed E-state index contributed by atoms with van der Waals surface area (Å²) in [5.41, 5.74) is 0.817. The Morgan fingerprint density at radius 1 is 1.50 bits per heavy atom. The Labute approximate surface area is 101 Å². The molecule has 3 nitrogen and oxygen atoms in total. The van der Waals surface area contributed by atoms with E-state index in [1.807, 2.05) is 0 Å². The summed E-state index contributed by atoms with van der Waals surface area (Å²) >= 11 is 6.90. The molecule has 0 aliphatic heterocycles. The molecule has 1 atom stereocenters. The molecule has 1 unspecified atom stereocenters. The predicted octanol–water partition coefficient (Wildman–Crippen LogP) is 2.61. The van der Waals surface area contributed by atoms with Gasteiger partial charge in [0.15, 0.2) is 0 Å². The Bertz CT molecular complexity index is 478. The highest BCUT2D eigenvalue weighted by molar-refractivity contribution is 7.03. The third-order valence-electron chi connectivity index (χ3n) is 2.14. The zero-order chi connectivity index (χ0) is 11.5. The molecule has 2 aromatic rings. The van der Waals surface area contributed by atoms with Crippen LogP contribution in [0, 0.1) is 5.82 Å². The van der Waals surface area contributed by atoms with Crippen LogP contribution in [0.1, 0.15) is 17.4 Å². The van der Waals surface area contributed by atoms with Gasteiger partial charge in [0, 0.05) is 16.8 Å². The predicted molar refractivity (Wildman–Crippen MR) is 60.0 cm³/mol. The van der Waals surface area contributed by atoms with E-state index in [9.17, 15) is 9.50 Å². The minimum atomic E-state index is -0.855. The quantitative estimate of drug-likeness (QED) is 0.921. The van der Waals surface area contributed by atoms with E-state index in [1.165, 1.54) is 18.2 Å². The van der Waals surface area contributed by atoms with Crippen LogP contribution in [0.2, 0.25) is 5.02 Å². The van der Waals surface area contributed by atoms with Crippen LogP contribution >= 0.6 is 23.1 Å². The lowest BCUT2D eigenvalue weighted by atomic mass is 10.1. The summed E-state index contributed by atoms with van der Waals surface area (Å²) < 4.78 is 17.0. The third-order valence-corrected chi connectivity index (χ3v) is 2.90. The zero-order valence-corrected chi connectivity index (χ0v) is 9.67. The van der Waals surface area contributed by atoms with Crippen molar-refractivity contribution in [2.45, 2.75) is 12.5 Å². The largest absolute Gasteiger partial charge is 0.386 e. The summed E-state index contributed by atoms with van der Waals surface area (Å²) in [6.45, 7) is 0. The lowest BCUT2D eigenvalue weighted by molar-refractivity contribution is 0.172. The van der Waals surface area contributed by atoms with Crippen LogP contribution < -0.4 is 0 Å². The second kappa shape index (κ2) is 4.86. The maximum atomic E-state index is 13.4. The fraction of sp³-hybridized carbons (Fsp3) is 0.200. The second-order valence-electron chi connectivity index (χ2n) is 3.29. The van der Waals surface area contributed by atoms with Crippen molar-refractivity contribution in [3.63, 3.8) is 0 Å². The first-order chi connectivity index (χ1) is 7.66. The first-order valence-corrected chi connectivity index (χ1v) is 5.77. The number of rotatable bonds is 3. The molecule has 0 saturated heterocycles. The minimum absolute atomic E-state index is 0.137. The molecular weight excluding hydrogens is 251 g/mol. The number of nitrogens with zero attached hydrogens (tertiary/aromatic N) is 2. The van der Waals surface area contributed by atoms with Gasteiger partial charge >= 0.3 is 0 Å². The normalized spacial score (nSPS) is 12.7. The summed E-state index contributed by atoms with van der Waals surface area (Å²) in [5.74, 6) is -0.383. The standard InChI is InChI=1S/C10H8ClFN2OS/c11-7-1-2-8(12)6(3-7)4-10(15)9-5-16-14-13-9/h1-3,5,10,15H,4H2. The van der Waals surface area contributed by atoms with Gasteiger partial charge in [0.05, 0.1) is 0 Å². The Morgan fingerprint density at radius 3 is 3.00 bits per heavy atom. The van der Waals surface area contributed by atoms with E-state index in [0.717, 1.165) is 11.5 Å². The first kappa shape index (κ1) is 11.4. The highest BCUT2D eigenvalue weighted by Crippen LogP contribution is 2.21. The van der Waals surface area contributed by atoms with Crippen LogP contribution in [0.4, 0.5) is 4.39 Å². The summed E-state index contributed by atoms with van der Waals surface area (Å²) in [6.07, 6.45) is -0.718. The Kier molecular flexibility index (Phi) is 3.48. The van der Waals surface area contributed by atoms with Crippen molar-refractivity contribution in [3.8, 4) is 0 Å². The van der Waals surface area contributed by atoms with Gasteiger partial charge in [-0.25, -0.2) is 4.39 Å². The van der Waals surface area contributed by atoms with Crippen LogP contribution in [-0.2, 0) is 6.42 Å². The van der Waals surface area contributed by atoms with Gasteiger partial charge < -0.3 is 5.11 Å². The lowest BCUT2D eigenvalue weighted by Crippen LogP contribution is -2.04. The number of aliphatic hydroxyl groups is 1. The molecule has 0 radical (unpaired) electrons. The molecule has 0 bridgehead atoms. The molecule has 0 spiro atoms. The molecule has 1 aromatic heterocycles. The maximum Gasteiger partial charge on any atom is 0.126 e. The van der Waals surface area contributed by atoms with Gasteiger partial charge in [0.2, 0.25) is 0 Å². The minimum Gasteiger partial charge on any atom is -0.386 e. The number of hydrogen-bond acceptors (Lipinski definition) is 4. The molecule has 1 aromatic carbocycles. The number of halogens is 2. The molecule has 16 heavy (non-hydrogen) atoms. The molecule has 0 aliphatic carbocycles. The van der Waals surface area contributed by atoms with E-state index < -0.39 is 6.10 Å². The molecule has 1 N–H and O–H groups in total. The van der Waals surface area contributed by atoms with Crippen molar-refractivity contribution in [2.75, 3.05) is 0 Å². The van der Waals surface area contributed by atoms with Crippen molar-refractivity contribution >= 4 is 23.1 Å². The van der Waals surface area contributed by atoms with E-state index in [4.69, 9.17) is 11.6 Å². The molecule has 0 fully saturated rings. The van der Waals surface area contributed by atoms with E-state index in [-0.39, 0.29) is 12.2 Å². The summed E-state index contributed by atoms with van der Waals surface area (Å²) in [6, 6.07) is 4.25. The summed E-state index contributed by atoms with van der Waals surface area (Å²) in [7, 11) is 0. The number of aromatic nitrogens is 2. The second-order valence-corrected chi connectivity index (χ2v) is 4.33. The number of hydrogen-bond donors (Lipinski definition) is 1. The maximum absolute atomic E-state index is 13.4. The van der Waals surface area contributed by atoms with Crippen LogP contribution in [0.25, 0.3) is 0 Å². The lowest BCUT2D eigenvalue weighted by Gasteiger charge is -2.08. The van der Waals surface area contributed by atoms with Crippen molar-refractivity contribution in [3.05, 3.63) is 45.7 Å². The van der Waals surface area contributed by atoms with E-state index >= 15 is 0 Å². The first-order valence-electron chi connectivity index (χ1n) is 4.56. The van der Waals surface area contributed by atoms with E-state index in [2.05, 4.69) is 9.59 Å².